The molecule has 0 N–H and O–H groups in total. The minimum Gasteiger partial charge on any atom is -0.494 e. The summed E-state index contributed by atoms with van der Waals surface area (Å²) in [6.07, 6.45) is 5.28. The number of aldehydes is 1. The van der Waals surface area contributed by atoms with Crippen molar-refractivity contribution >= 4 is 6.29 Å². The molecule has 0 bridgehead atoms. The normalized spacial score (nSPS) is 15.4. The van der Waals surface area contributed by atoms with Crippen LogP contribution in [-0.2, 0) is 20.7 Å². The van der Waals surface area contributed by atoms with E-state index in [0.29, 0.717) is 26.2 Å². The fourth-order valence-electron chi connectivity index (χ4n) is 2.14. The molecule has 0 atom stereocenters. The quantitative estimate of drug-likeness (QED) is 0.514. The molecular formula is C16H22O4. The van der Waals surface area contributed by atoms with Crippen LogP contribution in [0, 0.1) is 0 Å². The molecule has 1 aliphatic heterocycles. The highest BCUT2D eigenvalue weighted by atomic mass is 16.7. The number of benzene rings is 1. The van der Waals surface area contributed by atoms with Gasteiger partial charge in [-0.05, 0) is 37.0 Å². The molecule has 1 saturated heterocycles. The van der Waals surface area contributed by atoms with E-state index in [2.05, 4.69) is 0 Å². The topological polar surface area (TPSA) is 44.8 Å². The Labute approximate surface area is 120 Å². The Morgan fingerprint density at radius 1 is 1.10 bits per heavy atom. The van der Waals surface area contributed by atoms with E-state index in [1.807, 2.05) is 24.3 Å². The molecular weight excluding hydrogens is 256 g/mol. The average molecular weight is 278 g/mol. The Morgan fingerprint density at radius 2 is 1.85 bits per heavy atom. The predicted molar refractivity (Wildman–Crippen MR) is 75.9 cm³/mol. The maximum atomic E-state index is 10.2. The van der Waals surface area contributed by atoms with Crippen LogP contribution >= 0.6 is 0 Å². The van der Waals surface area contributed by atoms with Gasteiger partial charge in [0.25, 0.3) is 0 Å². The van der Waals surface area contributed by atoms with Gasteiger partial charge in [-0.25, -0.2) is 0 Å². The molecule has 1 aromatic carbocycles. The SMILES string of the molecule is O=CCCCCCOc1ccc(CC2OCCO2)cc1. The summed E-state index contributed by atoms with van der Waals surface area (Å²) in [5.74, 6) is 0.886. The van der Waals surface area contributed by atoms with Crippen molar-refractivity contribution in [2.24, 2.45) is 0 Å². The third-order valence-corrected chi connectivity index (χ3v) is 3.25. The summed E-state index contributed by atoms with van der Waals surface area (Å²) < 4.78 is 16.5. The fraction of sp³-hybridized carbons (Fsp3) is 0.562. The van der Waals surface area contributed by atoms with Crippen LogP contribution in [0.5, 0.6) is 5.75 Å². The molecule has 1 fully saturated rings. The first-order valence-corrected chi connectivity index (χ1v) is 7.27. The first-order chi connectivity index (χ1) is 9.88. The van der Waals surface area contributed by atoms with Gasteiger partial charge in [0.15, 0.2) is 6.29 Å². The van der Waals surface area contributed by atoms with Gasteiger partial charge in [-0.2, -0.15) is 0 Å². The maximum absolute atomic E-state index is 10.2. The zero-order valence-corrected chi connectivity index (χ0v) is 11.8. The highest BCUT2D eigenvalue weighted by Gasteiger charge is 2.15. The summed E-state index contributed by atoms with van der Waals surface area (Å²) in [6, 6.07) is 8.06. The highest BCUT2D eigenvalue weighted by Crippen LogP contribution is 2.16. The van der Waals surface area contributed by atoms with Crippen molar-refractivity contribution in [2.75, 3.05) is 19.8 Å². The van der Waals surface area contributed by atoms with Crippen molar-refractivity contribution in [2.45, 2.75) is 38.4 Å². The zero-order chi connectivity index (χ0) is 14.0. The van der Waals surface area contributed by atoms with Crippen LogP contribution in [0.4, 0.5) is 0 Å². The molecule has 2 rings (SSSR count). The van der Waals surface area contributed by atoms with Crippen molar-refractivity contribution in [3.63, 3.8) is 0 Å². The largest absolute Gasteiger partial charge is 0.494 e. The van der Waals surface area contributed by atoms with E-state index >= 15 is 0 Å². The number of carbonyl (C=O) groups excluding carboxylic acids is 1. The van der Waals surface area contributed by atoms with Gasteiger partial charge in [0.2, 0.25) is 0 Å². The third kappa shape index (κ3) is 5.31. The summed E-state index contributed by atoms with van der Waals surface area (Å²) in [6.45, 7) is 2.08. The molecule has 1 aromatic rings. The Hall–Kier alpha value is -1.39. The van der Waals surface area contributed by atoms with Crippen LogP contribution in [0.25, 0.3) is 0 Å². The predicted octanol–water partition coefficient (Wildman–Crippen LogP) is 2.74. The van der Waals surface area contributed by atoms with E-state index in [1.165, 1.54) is 5.56 Å². The first-order valence-electron chi connectivity index (χ1n) is 7.27. The summed E-state index contributed by atoms with van der Waals surface area (Å²) >= 11 is 0. The Kier molecular flexibility index (Phi) is 6.54. The van der Waals surface area contributed by atoms with Crippen LogP contribution in [0.15, 0.2) is 24.3 Å². The minimum absolute atomic E-state index is 0.0976. The number of carbonyl (C=O) groups is 1. The van der Waals surface area contributed by atoms with Crippen molar-refractivity contribution in [1.29, 1.82) is 0 Å². The number of unbranched alkanes of at least 4 members (excludes halogenated alkanes) is 3. The van der Waals surface area contributed by atoms with Crippen LogP contribution in [0.3, 0.4) is 0 Å². The van der Waals surface area contributed by atoms with Crippen LogP contribution in [-0.4, -0.2) is 32.4 Å². The molecule has 0 aliphatic carbocycles. The highest BCUT2D eigenvalue weighted by molar-refractivity contribution is 5.48. The van der Waals surface area contributed by atoms with E-state index in [4.69, 9.17) is 14.2 Å². The van der Waals surface area contributed by atoms with E-state index in [-0.39, 0.29) is 6.29 Å². The lowest BCUT2D eigenvalue weighted by atomic mass is 10.1. The van der Waals surface area contributed by atoms with Crippen LogP contribution in [0.2, 0.25) is 0 Å². The smallest absolute Gasteiger partial charge is 0.161 e. The molecule has 4 heteroatoms. The summed E-state index contributed by atoms with van der Waals surface area (Å²) in [5.41, 5.74) is 1.19. The lowest BCUT2D eigenvalue weighted by Gasteiger charge is -2.10. The second-order valence-electron chi connectivity index (χ2n) is 4.88. The van der Waals surface area contributed by atoms with E-state index in [9.17, 15) is 4.79 Å². The van der Waals surface area contributed by atoms with Crippen molar-refractivity contribution < 1.29 is 19.0 Å². The first kappa shape index (κ1) is 15.0. The van der Waals surface area contributed by atoms with Gasteiger partial charge in [0.1, 0.15) is 12.0 Å². The van der Waals surface area contributed by atoms with Gasteiger partial charge in [0.05, 0.1) is 19.8 Å². The number of hydrogen-bond acceptors (Lipinski definition) is 4. The third-order valence-electron chi connectivity index (χ3n) is 3.25. The molecule has 0 amide bonds. The fourth-order valence-corrected chi connectivity index (χ4v) is 2.14. The standard InChI is InChI=1S/C16H22O4/c17-9-3-1-2-4-10-18-15-7-5-14(6-8-15)13-16-19-11-12-20-16/h5-9,16H,1-4,10-13H2. The second kappa shape index (κ2) is 8.72. The van der Waals surface area contributed by atoms with Crippen LogP contribution in [0.1, 0.15) is 31.2 Å². The maximum Gasteiger partial charge on any atom is 0.161 e. The van der Waals surface area contributed by atoms with Crippen molar-refractivity contribution in [3.8, 4) is 5.75 Å². The summed E-state index contributed by atoms with van der Waals surface area (Å²) in [5, 5.41) is 0. The number of ether oxygens (including phenoxy) is 3. The van der Waals surface area contributed by atoms with Gasteiger partial charge in [-0.3, -0.25) is 0 Å². The monoisotopic (exact) mass is 278 g/mol. The molecule has 1 heterocycles. The number of rotatable bonds is 9. The molecule has 0 saturated carbocycles. The second-order valence-corrected chi connectivity index (χ2v) is 4.88. The zero-order valence-electron chi connectivity index (χ0n) is 11.8. The molecule has 0 unspecified atom stereocenters. The molecule has 1 aliphatic rings. The van der Waals surface area contributed by atoms with Gasteiger partial charge in [0, 0.05) is 12.8 Å². The van der Waals surface area contributed by atoms with Gasteiger partial charge in [-0.15, -0.1) is 0 Å². The summed E-state index contributed by atoms with van der Waals surface area (Å²) in [7, 11) is 0. The Morgan fingerprint density at radius 3 is 2.55 bits per heavy atom. The van der Waals surface area contributed by atoms with E-state index in [0.717, 1.165) is 37.7 Å². The van der Waals surface area contributed by atoms with Gasteiger partial charge in [-0.1, -0.05) is 12.1 Å². The average Bonchev–Trinajstić information content (AvgIpc) is 2.97. The van der Waals surface area contributed by atoms with E-state index in [1.54, 1.807) is 0 Å². The molecule has 4 nitrogen and oxygen atoms in total. The van der Waals surface area contributed by atoms with Crippen molar-refractivity contribution in [1.82, 2.24) is 0 Å². The van der Waals surface area contributed by atoms with Gasteiger partial charge >= 0.3 is 0 Å². The van der Waals surface area contributed by atoms with E-state index < -0.39 is 0 Å². The van der Waals surface area contributed by atoms with Crippen LogP contribution < -0.4 is 4.74 Å². The van der Waals surface area contributed by atoms with Crippen molar-refractivity contribution in [3.05, 3.63) is 29.8 Å². The summed E-state index contributed by atoms with van der Waals surface area (Å²) in [4.78, 5) is 10.2. The minimum atomic E-state index is -0.0976. The lowest BCUT2D eigenvalue weighted by molar-refractivity contribution is -0.107. The lowest BCUT2D eigenvalue weighted by Crippen LogP contribution is -2.11. The molecule has 110 valence electrons. The molecule has 0 radical (unpaired) electrons. The Bertz CT molecular complexity index is 382. The molecule has 20 heavy (non-hydrogen) atoms. The van der Waals surface area contributed by atoms with Gasteiger partial charge < -0.3 is 19.0 Å². The number of hydrogen-bond donors (Lipinski definition) is 0. The molecule has 0 spiro atoms. The Balaban J connectivity index is 1.64. The molecule has 0 aromatic heterocycles.